The SMILES string of the molecule is CC(Cc1nccc(C2CCCCC2)n1)C(=O)O. The van der Waals surface area contributed by atoms with Gasteiger partial charge in [0.25, 0.3) is 0 Å². The Balaban J connectivity index is 2.06. The Morgan fingerprint density at radius 1 is 1.44 bits per heavy atom. The van der Waals surface area contributed by atoms with Crippen molar-refractivity contribution >= 4 is 5.97 Å². The van der Waals surface area contributed by atoms with Crippen molar-refractivity contribution in [3.05, 3.63) is 23.8 Å². The van der Waals surface area contributed by atoms with Gasteiger partial charge in [0.1, 0.15) is 5.82 Å². The Hall–Kier alpha value is -1.45. The van der Waals surface area contributed by atoms with Gasteiger partial charge < -0.3 is 5.11 Å². The Morgan fingerprint density at radius 3 is 2.83 bits per heavy atom. The highest BCUT2D eigenvalue weighted by molar-refractivity contribution is 5.69. The standard InChI is InChI=1S/C14H20N2O2/c1-10(14(17)18)9-13-15-8-7-12(16-13)11-5-3-2-4-6-11/h7-8,10-11H,2-6,9H2,1H3,(H,17,18). The van der Waals surface area contributed by atoms with Crippen LogP contribution in [0.2, 0.25) is 0 Å². The molecule has 1 unspecified atom stereocenters. The fourth-order valence-electron chi connectivity index (χ4n) is 2.50. The van der Waals surface area contributed by atoms with Crippen LogP contribution in [0, 0.1) is 5.92 Å². The molecule has 0 aromatic carbocycles. The van der Waals surface area contributed by atoms with E-state index >= 15 is 0 Å². The number of carboxylic acid groups (broad SMARTS) is 1. The zero-order chi connectivity index (χ0) is 13.0. The first-order valence-corrected chi connectivity index (χ1v) is 6.71. The maximum absolute atomic E-state index is 10.8. The fraction of sp³-hybridized carbons (Fsp3) is 0.643. The average molecular weight is 248 g/mol. The summed E-state index contributed by atoms with van der Waals surface area (Å²) in [6, 6.07) is 1.98. The summed E-state index contributed by atoms with van der Waals surface area (Å²) >= 11 is 0. The van der Waals surface area contributed by atoms with Gasteiger partial charge in [-0.05, 0) is 18.9 Å². The summed E-state index contributed by atoms with van der Waals surface area (Å²) in [5.74, 6) is -0.0121. The van der Waals surface area contributed by atoms with E-state index in [9.17, 15) is 4.79 Å². The third-order valence-electron chi connectivity index (χ3n) is 3.66. The highest BCUT2D eigenvalue weighted by Crippen LogP contribution is 2.31. The van der Waals surface area contributed by atoms with Crippen LogP contribution >= 0.6 is 0 Å². The molecule has 0 bridgehead atoms. The minimum atomic E-state index is -0.790. The molecule has 1 aliphatic carbocycles. The van der Waals surface area contributed by atoms with Crippen LogP contribution in [0.4, 0.5) is 0 Å². The second-order valence-corrected chi connectivity index (χ2v) is 5.18. The van der Waals surface area contributed by atoms with E-state index in [1.165, 1.54) is 32.1 Å². The predicted molar refractivity (Wildman–Crippen MR) is 68.4 cm³/mol. The van der Waals surface area contributed by atoms with Crippen molar-refractivity contribution < 1.29 is 9.90 Å². The van der Waals surface area contributed by atoms with Gasteiger partial charge in [-0.15, -0.1) is 0 Å². The molecule has 18 heavy (non-hydrogen) atoms. The number of hydrogen-bond acceptors (Lipinski definition) is 3. The van der Waals surface area contributed by atoms with Crippen LogP contribution in [0.5, 0.6) is 0 Å². The van der Waals surface area contributed by atoms with Gasteiger partial charge >= 0.3 is 5.97 Å². The van der Waals surface area contributed by atoms with Crippen LogP contribution in [0.25, 0.3) is 0 Å². The molecule has 4 heteroatoms. The van der Waals surface area contributed by atoms with Crippen molar-refractivity contribution in [2.24, 2.45) is 5.92 Å². The van der Waals surface area contributed by atoms with E-state index in [1.54, 1.807) is 13.1 Å². The van der Waals surface area contributed by atoms with E-state index in [0.29, 0.717) is 18.2 Å². The summed E-state index contributed by atoms with van der Waals surface area (Å²) in [4.78, 5) is 19.6. The largest absolute Gasteiger partial charge is 0.481 e. The Bertz CT molecular complexity index is 414. The van der Waals surface area contributed by atoms with Crippen LogP contribution < -0.4 is 0 Å². The summed E-state index contributed by atoms with van der Waals surface area (Å²) in [6.45, 7) is 1.69. The Kier molecular flexibility index (Phi) is 4.28. The van der Waals surface area contributed by atoms with Crippen molar-refractivity contribution in [3.8, 4) is 0 Å². The molecule has 1 aromatic rings. The van der Waals surface area contributed by atoms with Gasteiger partial charge in [-0.25, -0.2) is 9.97 Å². The summed E-state index contributed by atoms with van der Waals surface area (Å²) in [5, 5.41) is 8.91. The van der Waals surface area contributed by atoms with E-state index < -0.39 is 11.9 Å². The number of hydrogen-bond donors (Lipinski definition) is 1. The van der Waals surface area contributed by atoms with E-state index in [4.69, 9.17) is 5.11 Å². The molecular weight excluding hydrogens is 228 g/mol. The van der Waals surface area contributed by atoms with Crippen LogP contribution in [-0.4, -0.2) is 21.0 Å². The third-order valence-corrected chi connectivity index (χ3v) is 3.66. The van der Waals surface area contributed by atoms with Gasteiger partial charge in [0, 0.05) is 24.2 Å². The molecule has 0 saturated heterocycles. The van der Waals surface area contributed by atoms with Crippen LogP contribution in [0.15, 0.2) is 12.3 Å². The van der Waals surface area contributed by atoms with Gasteiger partial charge in [-0.3, -0.25) is 4.79 Å². The number of nitrogens with zero attached hydrogens (tertiary/aromatic N) is 2. The molecule has 1 aliphatic rings. The van der Waals surface area contributed by atoms with Gasteiger partial charge in [-0.1, -0.05) is 26.2 Å². The lowest BCUT2D eigenvalue weighted by Crippen LogP contribution is -2.15. The van der Waals surface area contributed by atoms with E-state index in [1.807, 2.05) is 6.07 Å². The second-order valence-electron chi connectivity index (χ2n) is 5.18. The van der Waals surface area contributed by atoms with Gasteiger partial charge in [0.15, 0.2) is 0 Å². The maximum Gasteiger partial charge on any atom is 0.306 e. The molecule has 1 aromatic heterocycles. The lowest BCUT2D eigenvalue weighted by molar-refractivity contribution is -0.141. The lowest BCUT2D eigenvalue weighted by atomic mass is 9.87. The number of aliphatic carboxylic acids is 1. The Morgan fingerprint density at radius 2 is 2.17 bits per heavy atom. The first-order valence-electron chi connectivity index (χ1n) is 6.71. The molecule has 98 valence electrons. The Labute approximate surface area is 107 Å². The normalized spacial score (nSPS) is 18.5. The third kappa shape index (κ3) is 3.28. The monoisotopic (exact) mass is 248 g/mol. The zero-order valence-electron chi connectivity index (χ0n) is 10.8. The molecule has 1 fully saturated rings. The molecule has 0 radical (unpaired) electrons. The molecule has 0 amide bonds. The fourth-order valence-corrected chi connectivity index (χ4v) is 2.50. The predicted octanol–water partition coefficient (Wildman–Crippen LogP) is 2.79. The van der Waals surface area contributed by atoms with Crippen molar-refractivity contribution in [1.82, 2.24) is 9.97 Å². The molecule has 0 aliphatic heterocycles. The van der Waals surface area contributed by atoms with Gasteiger partial charge in [0.05, 0.1) is 5.92 Å². The molecule has 1 atom stereocenters. The van der Waals surface area contributed by atoms with Crippen molar-refractivity contribution in [3.63, 3.8) is 0 Å². The quantitative estimate of drug-likeness (QED) is 0.890. The summed E-state index contributed by atoms with van der Waals surface area (Å²) in [6.07, 6.45) is 8.45. The molecule has 1 heterocycles. The molecular formula is C14H20N2O2. The molecule has 2 rings (SSSR count). The summed E-state index contributed by atoms with van der Waals surface area (Å²) in [5.41, 5.74) is 1.09. The number of carbonyl (C=O) groups is 1. The molecule has 0 spiro atoms. The summed E-state index contributed by atoms with van der Waals surface area (Å²) < 4.78 is 0. The smallest absolute Gasteiger partial charge is 0.306 e. The maximum atomic E-state index is 10.8. The van der Waals surface area contributed by atoms with E-state index in [0.717, 1.165) is 5.69 Å². The molecule has 1 N–H and O–H groups in total. The average Bonchev–Trinajstić information content (AvgIpc) is 2.40. The molecule has 1 saturated carbocycles. The lowest BCUT2D eigenvalue weighted by Gasteiger charge is -2.21. The van der Waals surface area contributed by atoms with Gasteiger partial charge in [-0.2, -0.15) is 0 Å². The number of aromatic nitrogens is 2. The first kappa shape index (κ1) is 13.0. The number of rotatable bonds is 4. The zero-order valence-corrected chi connectivity index (χ0v) is 10.8. The van der Waals surface area contributed by atoms with E-state index in [2.05, 4.69) is 9.97 Å². The summed E-state index contributed by atoms with van der Waals surface area (Å²) in [7, 11) is 0. The highest BCUT2D eigenvalue weighted by Gasteiger charge is 2.18. The van der Waals surface area contributed by atoms with E-state index in [-0.39, 0.29) is 0 Å². The van der Waals surface area contributed by atoms with Crippen molar-refractivity contribution in [2.75, 3.05) is 0 Å². The first-order chi connectivity index (χ1) is 8.66. The minimum Gasteiger partial charge on any atom is -0.481 e. The number of carboxylic acids is 1. The topological polar surface area (TPSA) is 63.1 Å². The van der Waals surface area contributed by atoms with Gasteiger partial charge in [0.2, 0.25) is 0 Å². The van der Waals surface area contributed by atoms with Crippen LogP contribution in [0.3, 0.4) is 0 Å². The minimum absolute atomic E-state index is 0.413. The van der Waals surface area contributed by atoms with Crippen molar-refractivity contribution in [2.45, 2.75) is 51.4 Å². The molecule has 4 nitrogen and oxygen atoms in total. The van der Waals surface area contributed by atoms with Crippen LogP contribution in [0.1, 0.15) is 56.5 Å². The van der Waals surface area contributed by atoms with Crippen molar-refractivity contribution in [1.29, 1.82) is 0 Å². The highest BCUT2D eigenvalue weighted by atomic mass is 16.4. The second kappa shape index (κ2) is 5.94. The van der Waals surface area contributed by atoms with Crippen LogP contribution in [-0.2, 0) is 11.2 Å².